The predicted molar refractivity (Wildman–Crippen MR) is 453 cm³/mol. The minimum Gasteiger partial charge on any atom is -0.414 e. The van der Waals surface area contributed by atoms with E-state index in [2.05, 4.69) is 147 Å². The zero-order chi connectivity index (χ0) is 79.6. The average molecular weight is 1520 g/mol. The smallest absolute Gasteiger partial charge is 0.125 e. The standard InChI is InChI=1S/C13H13Cl.C13H13F.C13H14.C12H13N3.C12H12N2O.C11H12FNO.C11H10N2O.C10H10FNO/c2*1-2-3-10-4-5-11-6-7-13(14)9-12(11)8-10;1-2-5-11-8-9-12-6-3-4-7-13(12)10-11;1-2-3-6-15-9-14-11-5-4-10(8-13)7-12(11)15;1-2-7-15-14-6-5-11-4-3-10(9-13)8-12(11)14;1-2-7-14-13-6-5-9-3-4-10(12)8-11(9)13;1-2-14-13-6-5-10-4-3-9(8-12)7-11(10)13;1-2-13-12-6-5-8-3-4-9(11)7-10(8)12/h2*4-9H,2-3H2,1H3;3-4,6-10H,2,5H2,1H3;4-5,7,9H,2-3,6H2,1H3;3-6,8H,2,7H2,1H3;3-6,8H,2,7H2,1H3;3-7H,2H2,1H3;3-7H,2H2,1H3. The van der Waals surface area contributed by atoms with E-state index < -0.39 is 0 Å². The van der Waals surface area contributed by atoms with Crippen LogP contribution >= 0.6 is 11.6 Å². The van der Waals surface area contributed by atoms with Crippen LogP contribution in [-0.2, 0) is 25.8 Å². The highest BCUT2D eigenvalue weighted by atomic mass is 35.5. The Hall–Kier alpha value is -12.4. The lowest BCUT2D eigenvalue weighted by Crippen LogP contribution is -2.10. The number of halogens is 4. The zero-order valence-electron chi connectivity index (χ0n) is 65.1. The molecule has 16 aromatic rings. The van der Waals surface area contributed by atoms with E-state index in [0.29, 0.717) is 43.1 Å². The van der Waals surface area contributed by atoms with Crippen molar-refractivity contribution < 1.29 is 32.5 Å². The van der Waals surface area contributed by atoms with Crippen molar-refractivity contribution in [1.29, 1.82) is 15.8 Å². The third kappa shape index (κ3) is 24.0. The number of imidazole rings is 1. The van der Waals surface area contributed by atoms with Gasteiger partial charge < -0.3 is 23.9 Å². The molecule has 0 aliphatic carbocycles. The largest absolute Gasteiger partial charge is 0.414 e. The van der Waals surface area contributed by atoms with E-state index >= 15 is 0 Å². The van der Waals surface area contributed by atoms with Crippen molar-refractivity contribution in [3.63, 3.8) is 0 Å². The summed E-state index contributed by atoms with van der Waals surface area (Å²) in [6.07, 6.45) is 20.3. The molecule has 11 aromatic carbocycles. The molecule has 0 fully saturated rings. The lowest BCUT2D eigenvalue weighted by Gasteiger charge is -2.06. The minimum absolute atomic E-state index is 0.161. The van der Waals surface area contributed by atoms with Gasteiger partial charge in [0.2, 0.25) is 0 Å². The fourth-order valence-electron chi connectivity index (χ4n) is 12.3. The van der Waals surface area contributed by atoms with Gasteiger partial charge in [0.15, 0.2) is 0 Å². The van der Waals surface area contributed by atoms with Crippen LogP contribution in [0.3, 0.4) is 0 Å². The van der Waals surface area contributed by atoms with E-state index in [0.717, 1.165) is 122 Å². The normalized spacial score (nSPS) is 10.5. The monoisotopic (exact) mass is 1520 g/mol. The van der Waals surface area contributed by atoms with Gasteiger partial charge in [0.25, 0.3) is 0 Å². The maximum Gasteiger partial charge on any atom is 0.125 e. The van der Waals surface area contributed by atoms with Gasteiger partial charge in [-0.25, -0.2) is 18.2 Å². The molecule has 0 atom stereocenters. The number of hydrogen-bond acceptors (Lipinski definition) is 8. The SMILES string of the molecule is CCCCn1cnc2ccc(C#N)cc21.CCCOn1ccc2ccc(C#N)cc21.CCCOn1ccc2ccc(F)cc21.CCCc1ccc2ccc(Cl)cc2c1.CCCc1ccc2ccc(F)cc2c1.CCCc1ccc2ccccc2c1.CCOn1ccc2ccc(C#N)cc21.CCOn1ccc2ccc(F)cc21. The van der Waals surface area contributed by atoms with Crippen molar-refractivity contribution in [3.8, 4) is 18.2 Å². The lowest BCUT2D eigenvalue weighted by molar-refractivity contribution is 0.121. The van der Waals surface area contributed by atoms with E-state index in [1.165, 1.54) is 87.8 Å². The second kappa shape index (κ2) is 43.7. The van der Waals surface area contributed by atoms with Gasteiger partial charge in [-0.3, -0.25) is 0 Å². The molecule has 574 valence electrons. The fraction of sp³-hybridized carbons (Fsp3) is 0.242. The van der Waals surface area contributed by atoms with Crippen LogP contribution in [0.5, 0.6) is 0 Å². The van der Waals surface area contributed by atoms with Gasteiger partial charge in [-0.15, -0.1) is 0 Å². The summed E-state index contributed by atoms with van der Waals surface area (Å²) in [5.41, 5.74) is 11.6. The Morgan fingerprint density at radius 2 is 0.705 bits per heavy atom. The van der Waals surface area contributed by atoms with Gasteiger partial charge in [0.1, 0.15) is 43.9 Å². The third-order valence-corrected chi connectivity index (χ3v) is 18.1. The predicted octanol–water partition coefficient (Wildman–Crippen LogP) is 24.0. The maximum absolute atomic E-state index is 13.0. The molecule has 13 nitrogen and oxygen atoms in total. The van der Waals surface area contributed by atoms with Crippen LogP contribution in [0, 0.1) is 51.4 Å². The molecule has 17 heteroatoms. The minimum atomic E-state index is -0.243. The summed E-state index contributed by atoms with van der Waals surface area (Å²) >= 11 is 5.95. The molecule has 5 aromatic heterocycles. The molecule has 0 saturated carbocycles. The zero-order valence-corrected chi connectivity index (χ0v) is 65.9. The molecule has 16 rings (SSSR count). The second-order valence-electron chi connectivity index (χ2n) is 26.4. The number of benzene rings is 11. The van der Waals surface area contributed by atoms with Crippen LogP contribution in [0.25, 0.3) is 87.0 Å². The van der Waals surface area contributed by atoms with Gasteiger partial charge in [0.05, 0.1) is 74.3 Å². The molecule has 0 radical (unpaired) electrons. The highest BCUT2D eigenvalue weighted by molar-refractivity contribution is 6.31. The number of aromatic nitrogens is 6. The van der Waals surface area contributed by atoms with Crippen LogP contribution in [-0.4, -0.2) is 54.9 Å². The van der Waals surface area contributed by atoms with Crippen LogP contribution in [0.15, 0.2) is 262 Å². The number of nitrogens with zero attached hydrogens (tertiary/aromatic N) is 9. The van der Waals surface area contributed by atoms with Crippen molar-refractivity contribution in [3.05, 3.63) is 317 Å². The summed E-state index contributed by atoms with van der Waals surface area (Å²) in [6.45, 7) is 20.1. The van der Waals surface area contributed by atoms with Crippen molar-refractivity contribution in [2.75, 3.05) is 26.4 Å². The molecule has 0 saturated heterocycles. The summed E-state index contributed by atoms with van der Waals surface area (Å²) in [5, 5.41) is 38.6. The number of rotatable bonds is 19. The molecule has 0 spiro atoms. The number of hydrogen-bond donors (Lipinski definition) is 0. The molecule has 0 aliphatic heterocycles. The van der Waals surface area contributed by atoms with Gasteiger partial charge >= 0.3 is 0 Å². The first-order chi connectivity index (χ1) is 54.6. The van der Waals surface area contributed by atoms with Crippen LogP contribution in [0.2, 0.25) is 5.02 Å². The molecule has 0 aliphatic rings. The van der Waals surface area contributed by atoms with Crippen LogP contribution < -0.4 is 19.4 Å². The average Bonchev–Trinajstić information content (AvgIpc) is 1.52. The lowest BCUT2D eigenvalue weighted by atomic mass is 10.0. The van der Waals surface area contributed by atoms with Crippen molar-refractivity contribution in [1.82, 2.24) is 28.5 Å². The molecular formula is C95H97ClF3N9O4. The summed E-state index contributed by atoms with van der Waals surface area (Å²) < 4.78 is 47.5. The Kier molecular flexibility index (Phi) is 32.6. The molecule has 5 heterocycles. The first-order valence-electron chi connectivity index (χ1n) is 38.4. The van der Waals surface area contributed by atoms with Crippen molar-refractivity contribution in [2.45, 2.75) is 126 Å². The van der Waals surface area contributed by atoms with Gasteiger partial charge in [-0.05, 0) is 217 Å². The Bertz CT molecular complexity index is 5610. The summed E-state index contributed by atoms with van der Waals surface area (Å²) in [4.78, 5) is 25.9. The molecule has 0 unspecified atom stereocenters. The van der Waals surface area contributed by atoms with E-state index in [1.54, 1.807) is 61.6 Å². The summed E-state index contributed by atoms with van der Waals surface area (Å²) in [6, 6.07) is 79.2. The summed E-state index contributed by atoms with van der Waals surface area (Å²) in [5.74, 6) is -0.643. The van der Waals surface area contributed by atoms with E-state index in [9.17, 15) is 13.2 Å². The van der Waals surface area contributed by atoms with E-state index in [1.807, 2.05) is 124 Å². The highest BCUT2D eigenvalue weighted by Crippen LogP contribution is 2.25. The fourth-order valence-corrected chi connectivity index (χ4v) is 12.5. The highest BCUT2D eigenvalue weighted by Gasteiger charge is 2.09. The van der Waals surface area contributed by atoms with Crippen molar-refractivity contribution >= 4 is 98.6 Å². The first-order valence-corrected chi connectivity index (χ1v) is 38.8. The Labute approximate surface area is 659 Å². The maximum atomic E-state index is 13.0. The molecule has 112 heavy (non-hydrogen) atoms. The first kappa shape index (κ1) is 83.6. The topological polar surface area (TPSA) is 146 Å². The van der Waals surface area contributed by atoms with Crippen molar-refractivity contribution in [2.24, 2.45) is 0 Å². The van der Waals surface area contributed by atoms with Gasteiger partial charge in [0, 0.05) is 70.0 Å². The molecule has 0 N–H and O–H groups in total. The van der Waals surface area contributed by atoms with Gasteiger partial charge in [-0.2, -0.15) is 34.7 Å². The number of aryl methyl sites for hydroxylation is 4. The quantitative estimate of drug-likeness (QED) is 0.0778. The van der Waals surface area contributed by atoms with Gasteiger partial charge in [-0.1, -0.05) is 182 Å². The van der Waals surface area contributed by atoms with E-state index in [-0.39, 0.29) is 17.5 Å². The summed E-state index contributed by atoms with van der Waals surface area (Å²) in [7, 11) is 0. The second-order valence-corrected chi connectivity index (χ2v) is 26.9. The van der Waals surface area contributed by atoms with Crippen LogP contribution in [0.1, 0.15) is 134 Å². The molecular weight excluding hydrogens is 1420 g/mol. The number of unbranched alkanes of at least 4 members (excludes halogenated alkanes) is 1. The number of fused-ring (bicyclic) bond motifs is 8. The molecule has 0 amide bonds. The molecule has 0 bridgehead atoms. The Morgan fingerprint density at radius 1 is 0.339 bits per heavy atom. The number of nitriles is 3. The van der Waals surface area contributed by atoms with Crippen LogP contribution in [0.4, 0.5) is 13.2 Å². The Balaban J connectivity index is 0.000000147. The Morgan fingerprint density at radius 3 is 1.14 bits per heavy atom. The third-order valence-electron chi connectivity index (χ3n) is 17.9. The van der Waals surface area contributed by atoms with E-state index in [4.69, 9.17) is 46.7 Å².